The van der Waals surface area contributed by atoms with Crippen LogP contribution in [0.3, 0.4) is 0 Å². The standard InChI is InChI=1S/C20H18FN3O2S/c1-13-18(19(26)24(22(13)2)14-8-4-3-5-9-14)23-17(25)12-27-20(23)15-10-6-7-11-16(15)21/h3-11,20H,12H2,1-2H3/t20-/m1/s1. The minimum absolute atomic E-state index is 0.195. The predicted molar refractivity (Wildman–Crippen MR) is 105 cm³/mol. The molecule has 27 heavy (non-hydrogen) atoms. The van der Waals surface area contributed by atoms with Gasteiger partial charge in [-0.05, 0) is 25.1 Å². The van der Waals surface area contributed by atoms with Gasteiger partial charge in [0.15, 0.2) is 0 Å². The summed E-state index contributed by atoms with van der Waals surface area (Å²) in [6.45, 7) is 1.80. The number of carbonyl (C=O) groups is 1. The molecular weight excluding hydrogens is 365 g/mol. The minimum Gasteiger partial charge on any atom is -0.288 e. The van der Waals surface area contributed by atoms with Gasteiger partial charge in [-0.3, -0.25) is 19.2 Å². The molecule has 2 heterocycles. The molecule has 3 aromatic rings. The molecule has 4 rings (SSSR count). The Bertz CT molecular complexity index is 1070. The first-order valence-electron chi connectivity index (χ1n) is 8.53. The number of hydrogen-bond acceptors (Lipinski definition) is 3. The number of nitrogens with zero attached hydrogens (tertiary/aromatic N) is 3. The molecule has 1 fully saturated rings. The molecule has 7 heteroatoms. The van der Waals surface area contributed by atoms with E-state index in [2.05, 4.69) is 0 Å². The SMILES string of the molecule is Cc1c(N2C(=O)CS[C@@H]2c2ccccc2F)c(=O)n(-c2ccccc2)n1C. The average Bonchev–Trinajstić information content (AvgIpc) is 3.14. The lowest BCUT2D eigenvalue weighted by Gasteiger charge is -2.23. The van der Waals surface area contributed by atoms with Crippen molar-refractivity contribution in [1.82, 2.24) is 9.36 Å². The summed E-state index contributed by atoms with van der Waals surface area (Å²) in [4.78, 5) is 27.4. The minimum atomic E-state index is -0.559. The molecule has 1 amide bonds. The molecule has 1 aliphatic heterocycles. The number of carbonyl (C=O) groups excluding carboxylic acids is 1. The third-order valence-electron chi connectivity index (χ3n) is 4.80. The summed E-state index contributed by atoms with van der Waals surface area (Å²) in [6, 6.07) is 15.6. The third kappa shape index (κ3) is 2.78. The van der Waals surface area contributed by atoms with E-state index in [9.17, 15) is 14.0 Å². The van der Waals surface area contributed by atoms with Gasteiger partial charge in [0.05, 0.1) is 17.1 Å². The Morgan fingerprint density at radius 3 is 2.41 bits per heavy atom. The molecule has 0 saturated carbocycles. The number of halogens is 1. The Morgan fingerprint density at radius 1 is 1.04 bits per heavy atom. The highest BCUT2D eigenvalue weighted by molar-refractivity contribution is 8.00. The first-order chi connectivity index (χ1) is 13.0. The topological polar surface area (TPSA) is 47.2 Å². The van der Waals surface area contributed by atoms with Crippen LogP contribution in [0.25, 0.3) is 5.69 Å². The number of para-hydroxylation sites is 1. The van der Waals surface area contributed by atoms with Crippen molar-refractivity contribution in [2.24, 2.45) is 7.05 Å². The first-order valence-corrected chi connectivity index (χ1v) is 9.57. The maximum Gasteiger partial charge on any atom is 0.295 e. The Morgan fingerprint density at radius 2 is 1.70 bits per heavy atom. The lowest BCUT2D eigenvalue weighted by Crippen LogP contribution is -2.33. The second kappa shape index (κ2) is 6.74. The van der Waals surface area contributed by atoms with Crippen LogP contribution in [0.15, 0.2) is 59.4 Å². The molecule has 2 aromatic carbocycles. The fourth-order valence-electron chi connectivity index (χ4n) is 3.40. The number of anilines is 1. The van der Waals surface area contributed by atoms with Gasteiger partial charge in [-0.25, -0.2) is 9.07 Å². The molecule has 1 saturated heterocycles. The van der Waals surface area contributed by atoms with Crippen molar-refractivity contribution in [2.75, 3.05) is 10.7 Å². The molecule has 0 N–H and O–H groups in total. The van der Waals surface area contributed by atoms with Crippen molar-refractivity contribution >= 4 is 23.4 Å². The van der Waals surface area contributed by atoms with E-state index in [1.807, 2.05) is 30.3 Å². The molecule has 1 aromatic heterocycles. The van der Waals surface area contributed by atoms with Gasteiger partial charge < -0.3 is 0 Å². The van der Waals surface area contributed by atoms with Crippen LogP contribution in [-0.2, 0) is 11.8 Å². The van der Waals surface area contributed by atoms with Crippen molar-refractivity contribution in [1.29, 1.82) is 0 Å². The van der Waals surface area contributed by atoms with E-state index in [0.717, 1.165) is 0 Å². The van der Waals surface area contributed by atoms with E-state index in [4.69, 9.17) is 0 Å². The zero-order valence-electron chi connectivity index (χ0n) is 14.9. The van der Waals surface area contributed by atoms with Crippen LogP contribution in [0, 0.1) is 12.7 Å². The van der Waals surface area contributed by atoms with E-state index in [1.54, 1.807) is 36.9 Å². The normalized spacial score (nSPS) is 16.9. The molecular formula is C20H18FN3O2S. The molecule has 0 spiro atoms. The summed E-state index contributed by atoms with van der Waals surface area (Å²) < 4.78 is 17.6. The summed E-state index contributed by atoms with van der Waals surface area (Å²) in [7, 11) is 1.78. The van der Waals surface area contributed by atoms with E-state index in [-0.39, 0.29) is 23.0 Å². The highest BCUT2D eigenvalue weighted by atomic mass is 32.2. The van der Waals surface area contributed by atoms with Crippen LogP contribution < -0.4 is 10.5 Å². The summed E-state index contributed by atoms with van der Waals surface area (Å²) >= 11 is 1.33. The van der Waals surface area contributed by atoms with Crippen molar-refractivity contribution in [3.05, 3.63) is 82.0 Å². The second-order valence-electron chi connectivity index (χ2n) is 6.36. The quantitative estimate of drug-likeness (QED) is 0.696. The highest BCUT2D eigenvalue weighted by Crippen LogP contribution is 2.42. The first kappa shape index (κ1) is 17.6. The lowest BCUT2D eigenvalue weighted by atomic mass is 10.2. The molecule has 0 radical (unpaired) electrons. The number of aromatic nitrogens is 2. The fraction of sp³-hybridized carbons (Fsp3) is 0.200. The Kier molecular flexibility index (Phi) is 4.39. The smallest absolute Gasteiger partial charge is 0.288 e. The second-order valence-corrected chi connectivity index (χ2v) is 7.43. The maximum absolute atomic E-state index is 14.4. The summed E-state index contributed by atoms with van der Waals surface area (Å²) in [5.74, 6) is -0.371. The number of hydrogen-bond donors (Lipinski definition) is 0. The number of rotatable bonds is 3. The van der Waals surface area contributed by atoms with E-state index >= 15 is 0 Å². The van der Waals surface area contributed by atoms with Gasteiger partial charge in [0, 0.05) is 12.6 Å². The van der Waals surface area contributed by atoms with Crippen molar-refractivity contribution in [3.8, 4) is 5.69 Å². The third-order valence-corrected chi connectivity index (χ3v) is 6.00. The molecule has 1 aliphatic rings. The fourth-order valence-corrected chi connectivity index (χ4v) is 4.59. The van der Waals surface area contributed by atoms with Crippen molar-refractivity contribution < 1.29 is 9.18 Å². The van der Waals surface area contributed by atoms with Gasteiger partial charge >= 0.3 is 0 Å². The summed E-state index contributed by atoms with van der Waals surface area (Å²) in [6.07, 6.45) is 0. The van der Waals surface area contributed by atoms with E-state index in [0.29, 0.717) is 22.6 Å². The number of amides is 1. The van der Waals surface area contributed by atoms with Crippen LogP contribution in [0.5, 0.6) is 0 Å². The Hall–Kier alpha value is -2.80. The van der Waals surface area contributed by atoms with Crippen LogP contribution in [0.4, 0.5) is 10.1 Å². The maximum atomic E-state index is 14.4. The van der Waals surface area contributed by atoms with Crippen LogP contribution in [0.1, 0.15) is 16.6 Å². The summed E-state index contributed by atoms with van der Waals surface area (Å²) in [5.41, 5.74) is 1.77. The molecule has 0 aliphatic carbocycles. The van der Waals surface area contributed by atoms with Gasteiger partial charge in [-0.2, -0.15) is 0 Å². The average molecular weight is 383 g/mol. The van der Waals surface area contributed by atoms with E-state index in [1.165, 1.54) is 27.4 Å². The Balaban J connectivity index is 1.89. The lowest BCUT2D eigenvalue weighted by molar-refractivity contribution is -0.115. The number of benzene rings is 2. The van der Waals surface area contributed by atoms with Crippen LogP contribution >= 0.6 is 11.8 Å². The number of thioether (sulfide) groups is 1. The molecule has 0 bridgehead atoms. The van der Waals surface area contributed by atoms with Gasteiger partial charge in [0.2, 0.25) is 5.91 Å². The van der Waals surface area contributed by atoms with Crippen LogP contribution in [-0.4, -0.2) is 21.0 Å². The molecule has 1 atom stereocenters. The Labute approximate surface area is 160 Å². The molecule has 138 valence electrons. The van der Waals surface area contributed by atoms with Gasteiger partial charge in [-0.1, -0.05) is 36.4 Å². The largest absolute Gasteiger partial charge is 0.295 e. The highest BCUT2D eigenvalue weighted by Gasteiger charge is 2.39. The summed E-state index contributed by atoms with van der Waals surface area (Å²) in [5, 5.41) is -0.559. The van der Waals surface area contributed by atoms with Crippen molar-refractivity contribution in [3.63, 3.8) is 0 Å². The van der Waals surface area contributed by atoms with Gasteiger partial charge in [0.25, 0.3) is 5.56 Å². The molecule has 5 nitrogen and oxygen atoms in total. The van der Waals surface area contributed by atoms with Crippen LogP contribution in [0.2, 0.25) is 0 Å². The van der Waals surface area contributed by atoms with Gasteiger partial charge in [-0.15, -0.1) is 11.8 Å². The van der Waals surface area contributed by atoms with E-state index < -0.39 is 5.37 Å². The van der Waals surface area contributed by atoms with Gasteiger partial charge in [0.1, 0.15) is 16.9 Å². The molecule has 0 unspecified atom stereocenters. The zero-order valence-corrected chi connectivity index (χ0v) is 15.7. The predicted octanol–water partition coefficient (Wildman–Crippen LogP) is 3.40. The monoisotopic (exact) mass is 383 g/mol. The van der Waals surface area contributed by atoms with Crippen molar-refractivity contribution in [2.45, 2.75) is 12.3 Å². The zero-order chi connectivity index (χ0) is 19.1.